The highest BCUT2D eigenvalue weighted by Gasteiger charge is 2.04. The van der Waals surface area contributed by atoms with Gasteiger partial charge in [0.25, 0.3) is 0 Å². The van der Waals surface area contributed by atoms with Gasteiger partial charge in [0, 0.05) is 18.5 Å². The molecular weight excluding hydrogens is 218 g/mol. The molecule has 0 atom stereocenters. The Morgan fingerprint density at radius 1 is 1.38 bits per heavy atom. The maximum absolute atomic E-state index is 4.40. The standard InChI is InChI=1S/C12H17N3S/c1-3-15(2)9-8-13-12-10-6-4-5-7-11(10)14-16-12/h4-7,13H,3,8-9H2,1-2H3. The van der Waals surface area contributed by atoms with Crippen molar-refractivity contribution in [2.75, 3.05) is 32.0 Å². The molecule has 0 radical (unpaired) electrons. The first-order valence-corrected chi connectivity index (χ1v) is 6.35. The van der Waals surface area contributed by atoms with Crippen molar-refractivity contribution in [3.8, 4) is 0 Å². The minimum atomic E-state index is 0.969. The van der Waals surface area contributed by atoms with Crippen molar-refractivity contribution in [2.45, 2.75) is 6.92 Å². The lowest BCUT2D eigenvalue weighted by Gasteiger charge is -2.13. The van der Waals surface area contributed by atoms with Crippen LogP contribution in [0.25, 0.3) is 10.9 Å². The van der Waals surface area contributed by atoms with E-state index >= 15 is 0 Å². The van der Waals surface area contributed by atoms with E-state index in [0.717, 1.165) is 25.2 Å². The Balaban J connectivity index is 1.99. The van der Waals surface area contributed by atoms with Gasteiger partial charge in [-0.25, -0.2) is 0 Å². The molecule has 0 aliphatic heterocycles. The lowest BCUT2D eigenvalue weighted by atomic mass is 10.2. The molecular formula is C12H17N3S. The summed E-state index contributed by atoms with van der Waals surface area (Å²) in [4.78, 5) is 2.29. The Morgan fingerprint density at radius 3 is 3.00 bits per heavy atom. The van der Waals surface area contributed by atoms with Crippen molar-refractivity contribution >= 4 is 27.4 Å². The van der Waals surface area contributed by atoms with Crippen LogP contribution < -0.4 is 5.32 Å². The van der Waals surface area contributed by atoms with Gasteiger partial charge in [-0.05, 0) is 37.3 Å². The van der Waals surface area contributed by atoms with Crippen LogP contribution >= 0.6 is 11.5 Å². The second-order valence-corrected chi connectivity index (χ2v) is 4.62. The van der Waals surface area contributed by atoms with E-state index in [0.29, 0.717) is 0 Å². The maximum Gasteiger partial charge on any atom is 0.117 e. The third-order valence-corrected chi connectivity index (χ3v) is 3.54. The minimum Gasteiger partial charge on any atom is -0.374 e. The summed E-state index contributed by atoms with van der Waals surface area (Å²) >= 11 is 1.54. The van der Waals surface area contributed by atoms with E-state index in [1.54, 1.807) is 11.5 Å². The average molecular weight is 235 g/mol. The first-order chi connectivity index (χ1) is 7.81. The lowest BCUT2D eigenvalue weighted by molar-refractivity contribution is 0.367. The van der Waals surface area contributed by atoms with Gasteiger partial charge in [0.05, 0.1) is 5.52 Å². The molecule has 0 aliphatic rings. The summed E-state index contributed by atoms with van der Waals surface area (Å²) in [6.45, 7) is 5.28. The smallest absolute Gasteiger partial charge is 0.117 e. The van der Waals surface area contributed by atoms with Gasteiger partial charge >= 0.3 is 0 Å². The van der Waals surface area contributed by atoms with Gasteiger partial charge < -0.3 is 10.2 Å². The Hall–Kier alpha value is -1.13. The maximum atomic E-state index is 4.40. The van der Waals surface area contributed by atoms with E-state index in [1.807, 2.05) is 6.07 Å². The number of anilines is 1. The zero-order valence-electron chi connectivity index (χ0n) is 9.73. The van der Waals surface area contributed by atoms with E-state index in [9.17, 15) is 0 Å². The summed E-state index contributed by atoms with van der Waals surface area (Å²) in [5, 5.41) is 5.86. The quantitative estimate of drug-likeness (QED) is 0.863. The Labute approximate surface area is 100 Å². The van der Waals surface area contributed by atoms with Crippen LogP contribution in [0, 0.1) is 0 Å². The summed E-state index contributed by atoms with van der Waals surface area (Å²) in [5.74, 6) is 0. The predicted molar refractivity (Wildman–Crippen MR) is 71.3 cm³/mol. The van der Waals surface area contributed by atoms with Crippen LogP contribution in [0.2, 0.25) is 0 Å². The summed E-state index contributed by atoms with van der Waals surface area (Å²) in [7, 11) is 2.13. The molecule has 0 unspecified atom stereocenters. The van der Waals surface area contributed by atoms with Crippen LogP contribution in [0.1, 0.15) is 6.92 Å². The zero-order valence-corrected chi connectivity index (χ0v) is 10.5. The van der Waals surface area contributed by atoms with Crippen molar-refractivity contribution in [1.82, 2.24) is 9.27 Å². The van der Waals surface area contributed by atoms with E-state index in [1.165, 1.54) is 10.4 Å². The molecule has 86 valence electrons. The molecule has 16 heavy (non-hydrogen) atoms. The second kappa shape index (κ2) is 5.27. The molecule has 1 N–H and O–H groups in total. The number of rotatable bonds is 5. The van der Waals surface area contributed by atoms with Gasteiger partial charge in [0.2, 0.25) is 0 Å². The molecule has 0 bridgehead atoms. The largest absolute Gasteiger partial charge is 0.374 e. The molecule has 0 fully saturated rings. The fourth-order valence-electron chi connectivity index (χ4n) is 1.54. The molecule has 3 nitrogen and oxygen atoms in total. The van der Waals surface area contributed by atoms with Crippen molar-refractivity contribution < 1.29 is 0 Å². The molecule has 0 saturated carbocycles. The van der Waals surface area contributed by atoms with E-state index in [-0.39, 0.29) is 0 Å². The third-order valence-electron chi connectivity index (χ3n) is 2.70. The summed E-state index contributed by atoms with van der Waals surface area (Å²) in [5.41, 5.74) is 1.08. The van der Waals surface area contributed by atoms with Crippen molar-refractivity contribution in [3.63, 3.8) is 0 Å². The van der Waals surface area contributed by atoms with Crippen molar-refractivity contribution in [1.29, 1.82) is 0 Å². The van der Waals surface area contributed by atoms with Gasteiger partial charge in [-0.2, -0.15) is 4.37 Å². The van der Waals surface area contributed by atoms with Gasteiger partial charge in [0.1, 0.15) is 5.00 Å². The lowest BCUT2D eigenvalue weighted by Crippen LogP contribution is -2.24. The molecule has 1 aromatic carbocycles. The van der Waals surface area contributed by atoms with Crippen LogP contribution in [0.4, 0.5) is 5.00 Å². The molecule has 0 amide bonds. The Morgan fingerprint density at radius 2 is 2.19 bits per heavy atom. The normalized spacial score (nSPS) is 11.2. The number of nitrogens with one attached hydrogen (secondary N) is 1. The topological polar surface area (TPSA) is 28.2 Å². The zero-order chi connectivity index (χ0) is 11.4. The molecule has 1 heterocycles. The fourth-order valence-corrected chi connectivity index (χ4v) is 2.32. The number of benzene rings is 1. The summed E-state index contributed by atoms with van der Waals surface area (Å²) in [6.07, 6.45) is 0. The molecule has 1 aromatic heterocycles. The minimum absolute atomic E-state index is 0.969. The SMILES string of the molecule is CCN(C)CCNc1snc2ccccc12. The van der Waals surface area contributed by atoms with Gasteiger partial charge in [0.15, 0.2) is 0 Å². The van der Waals surface area contributed by atoms with E-state index in [2.05, 4.69) is 46.8 Å². The molecule has 4 heteroatoms. The highest BCUT2D eigenvalue weighted by molar-refractivity contribution is 7.11. The number of hydrogen-bond acceptors (Lipinski definition) is 4. The number of hydrogen-bond donors (Lipinski definition) is 1. The van der Waals surface area contributed by atoms with E-state index in [4.69, 9.17) is 0 Å². The van der Waals surface area contributed by atoms with Crippen LogP contribution in [0.15, 0.2) is 24.3 Å². The second-order valence-electron chi connectivity index (χ2n) is 3.85. The highest BCUT2D eigenvalue weighted by atomic mass is 32.1. The predicted octanol–water partition coefficient (Wildman–Crippen LogP) is 2.66. The number of fused-ring (bicyclic) bond motifs is 1. The number of aromatic nitrogens is 1. The summed E-state index contributed by atoms with van der Waals surface area (Å²) < 4.78 is 4.40. The highest BCUT2D eigenvalue weighted by Crippen LogP contribution is 2.26. The molecule has 2 rings (SSSR count). The van der Waals surface area contributed by atoms with Crippen LogP contribution in [-0.4, -0.2) is 36.0 Å². The average Bonchev–Trinajstić information content (AvgIpc) is 2.73. The van der Waals surface area contributed by atoms with Gasteiger partial charge in [-0.15, -0.1) is 0 Å². The van der Waals surface area contributed by atoms with Crippen molar-refractivity contribution in [3.05, 3.63) is 24.3 Å². The fraction of sp³-hybridized carbons (Fsp3) is 0.417. The Bertz CT molecular complexity index is 452. The molecule has 2 aromatic rings. The van der Waals surface area contributed by atoms with Gasteiger partial charge in [-0.3, -0.25) is 0 Å². The first kappa shape index (κ1) is 11.4. The molecule has 0 spiro atoms. The first-order valence-electron chi connectivity index (χ1n) is 5.58. The number of likely N-dealkylation sites (N-methyl/N-ethyl adjacent to an activating group) is 1. The van der Waals surface area contributed by atoms with Crippen LogP contribution in [0.3, 0.4) is 0 Å². The van der Waals surface area contributed by atoms with Gasteiger partial charge in [-0.1, -0.05) is 19.1 Å². The van der Waals surface area contributed by atoms with Crippen LogP contribution in [-0.2, 0) is 0 Å². The van der Waals surface area contributed by atoms with E-state index < -0.39 is 0 Å². The van der Waals surface area contributed by atoms with Crippen LogP contribution in [0.5, 0.6) is 0 Å². The monoisotopic (exact) mass is 235 g/mol. The number of nitrogens with zero attached hydrogens (tertiary/aromatic N) is 2. The summed E-state index contributed by atoms with van der Waals surface area (Å²) in [6, 6.07) is 8.25. The van der Waals surface area contributed by atoms with Crippen molar-refractivity contribution in [2.24, 2.45) is 0 Å². The molecule has 0 aliphatic carbocycles. The molecule has 0 saturated heterocycles. The third kappa shape index (κ3) is 2.51. The Kier molecular flexibility index (Phi) is 3.74.